The molecule has 6 nitrogen and oxygen atoms in total. The molecule has 0 amide bonds. The summed E-state index contributed by atoms with van der Waals surface area (Å²) in [5.41, 5.74) is 0. The summed E-state index contributed by atoms with van der Waals surface area (Å²) in [5.74, 6) is -0.216. The van der Waals surface area contributed by atoms with Crippen LogP contribution >= 0.6 is 0 Å². The van der Waals surface area contributed by atoms with E-state index in [1.807, 2.05) is 0 Å². The summed E-state index contributed by atoms with van der Waals surface area (Å²) in [4.78, 5) is 10.8. The van der Waals surface area contributed by atoms with E-state index in [4.69, 9.17) is 14.6 Å². The van der Waals surface area contributed by atoms with Crippen LogP contribution in [0, 0.1) is 5.92 Å². The number of carbonyl (C=O) groups excluding carboxylic acids is 1. The first kappa shape index (κ1) is 16.5. The minimum atomic E-state index is -1.10. The minimum absolute atomic E-state index is 0.154. The topological polar surface area (TPSA) is 96.2 Å². The van der Waals surface area contributed by atoms with Crippen LogP contribution in [-0.2, 0) is 14.3 Å². The molecule has 19 heavy (non-hydrogen) atoms. The van der Waals surface area contributed by atoms with Crippen molar-refractivity contribution in [2.24, 2.45) is 5.92 Å². The summed E-state index contributed by atoms with van der Waals surface area (Å²) < 4.78 is 10.9. The minimum Gasteiger partial charge on any atom is -0.394 e. The fraction of sp³-hybridized carbons (Fsp3) is 0.923. The lowest BCUT2D eigenvalue weighted by molar-refractivity contribution is -0.282. The maximum absolute atomic E-state index is 10.8. The number of carbonyl (C=O) groups is 1. The van der Waals surface area contributed by atoms with Gasteiger partial charge in [0.25, 0.3) is 0 Å². The number of hydrogen-bond donors (Lipinski definition) is 3. The van der Waals surface area contributed by atoms with Gasteiger partial charge in [0.1, 0.15) is 18.0 Å². The Morgan fingerprint density at radius 2 is 1.95 bits per heavy atom. The van der Waals surface area contributed by atoms with Crippen LogP contribution in [0.5, 0.6) is 0 Å². The molecule has 1 saturated heterocycles. The van der Waals surface area contributed by atoms with Crippen molar-refractivity contribution in [3.63, 3.8) is 0 Å². The van der Waals surface area contributed by atoms with Crippen molar-refractivity contribution in [3.05, 3.63) is 0 Å². The van der Waals surface area contributed by atoms with E-state index >= 15 is 0 Å². The lowest BCUT2D eigenvalue weighted by Crippen LogP contribution is -2.55. The predicted molar refractivity (Wildman–Crippen MR) is 67.4 cm³/mol. The van der Waals surface area contributed by atoms with Gasteiger partial charge in [-0.15, -0.1) is 0 Å². The smallest absolute Gasteiger partial charge is 0.163 e. The fourth-order valence-electron chi connectivity index (χ4n) is 2.09. The third-order valence-electron chi connectivity index (χ3n) is 3.39. The quantitative estimate of drug-likeness (QED) is 0.559. The first-order chi connectivity index (χ1) is 8.97. The summed E-state index contributed by atoms with van der Waals surface area (Å²) in [7, 11) is 0. The zero-order chi connectivity index (χ0) is 14.4. The van der Waals surface area contributed by atoms with Crippen LogP contribution in [0.2, 0.25) is 0 Å². The third-order valence-corrected chi connectivity index (χ3v) is 3.39. The molecule has 0 aromatic carbocycles. The number of unbranched alkanes of at least 4 members (excludes halogenated alkanes) is 1. The van der Waals surface area contributed by atoms with Crippen molar-refractivity contribution in [1.82, 2.24) is 0 Å². The largest absolute Gasteiger partial charge is 0.394 e. The average molecular weight is 276 g/mol. The van der Waals surface area contributed by atoms with E-state index in [-0.39, 0.29) is 18.3 Å². The number of aliphatic hydroxyl groups is 3. The Balaban J connectivity index is 2.33. The average Bonchev–Trinajstić information content (AvgIpc) is 2.37. The van der Waals surface area contributed by atoms with Crippen LogP contribution in [0.3, 0.4) is 0 Å². The molecule has 3 unspecified atom stereocenters. The van der Waals surface area contributed by atoms with Crippen molar-refractivity contribution < 1.29 is 29.6 Å². The standard InChI is InChI=1S/C13H24O6/c1-8(15)5-3-4-6-18-13-9(2)11(16)12(17)10(7-14)19-13/h9-14,16-17H,3-7H2,1-2H3/t9?,10?,11-,12?,13+/m0/s1. The van der Waals surface area contributed by atoms with Gasteiger partial charge in [0, 0.05) is 18.9 Å². The summed E-state index contributed by atoms with van der Waals surface area (Å²) in [6, 6.07) is 0. The molecule has 0 aliphatic carbocycles. The lowest BCUT2D eigenvalue weighted by atomic mass is 9.92. The molecular formula is C13H24O6. The number of aliphatic hydroxyl groups excluding tert-OH is 3. The molecule has 1 fully saturated rings. The highest BCUT2D eigenvalue weighted by Gasteiger charge is 2.42. The second-order valence-corrected chi connectivity index (χ2v) is 5.10. The van der Waals surface area contributed by atoms with Crippen molar-refractivity contribution >= 4 is 5.78 Å². The highest BCUT2D eigenvalue weighted by molar-refractivity contribution is 5.75. The predicted octanol–water partition coefficient (Wildman–Crippen LogP) is -0.163. The van der Waals surface area contributed by atoms with Gasteiger partial charge in [0.15, 0.2) is 6.29 Å². The molecule has 0 radical (unpaired) electrons. The first-order valence-electron chi connectivity index (χ1n) is 6.71. The van der Waals surface area contributed by atoms with Crippen molar-refractivity contribution in [2.45, 2.75) is 57.7 Å². The molecular weight excluding hydrogens is 252 g/mol. The van der Waals surface area contributed by atoms with Gasteiger partial charge in [0.2, 0.25) is 0 Å². The Bertz CT molecular complexity index is 280. The SMILES string of the molecule is CC(=O)CCCCO[C@@H]1OC(CO)C(O)[C@@H](O)C1C. The van der Waals surface area contributed by atoms with E-state index in [1.165, 1.54) is 0 Å². The molecule has 0 aromatic heterocycles. The summed E-state index contributed by atoms with van der Waals surface area (Å²) in [6.45, 7) is 3.33. The van der Waals surface area contributed by atoms with Crippen molar-refractivity contribution in [2.75, 3.05) is 13.2 Å². The molecule has 0 saturated carbocycles. The molecule has 112 valence electrons. The normalized spacial score (nSPS) is 35.3. The van der Waals surface area contributed by atoms with Gasteiger partial charge in [-0.1, -0.05) is 6.92 Å². The highest BCUT2D eigenvalue weighted by Crippen LogP contribution is 2.26. The molecule has 0 aromatic rings. The van der Waals surface area contributed by atoms with E-state index in [1.54, 1.807) is 13.8 Å². The Labute approximate surface area is 113 Å². The molecule has 1 heterocycles. The maximum atomic E-state index is 10.8. The Morgan fingerprint density at radius 3 is 2.53 bits per heavy atom. The number of ketones is 1. The Hall–Kier alpha value is -0.530. The summed E-state index contributed by atoms with van der Waals surface area (Å²) >= 11 is 0. The van der Waals surface area contributed by atoms with E-state index < -0.39 is 24.6 Å². The van der Waals surface area contributed by atoms with Gasteiger partial charge in [-0.3, -0.25) is 0 Å². The molecule has 6 heteroatoms. The van der Waals surface area contributed by atoms with E-state index in [0.717, 1.165) is 12.8 Å². The number of rotatable bonds is 7. The number of ether oxygens (including phenoxy) is 2. The molecule has 1 aliphatic heterocycles. The third kappa shape index (κ3) is 4.81. The molecule has 5 atom stereocenters. The van der Waals surface area contributed by atoms with E-state index in [9.17, 15) is 15.0 Å². The van der Waals surface area contributed by atoms with Gasteiger partial charge in [-0.25, -0.2) is 0 Å². The van der Waals surface area contributed by atoms with Gasteiger partial charge < -0.3 is 29.6 Å². The Kier molecular flexibility index (Phi) is 6.88. The fourth-order valence-corrected chi connectivity index (χ4v) is 2.09. The second-order valence-electron chi connectivity index (χ2n) is 5.10. The van der Waals surface area contributed by atoms with Gasteiger partial charge in [0.05, 0.1) is 12.7 Å². The van der Waals surface area contributed by atoms with E-state index in [0.29, 0.717) is 13.0 Å². The number of Topliss-reactive ketones (excluding diaryl/α,β-unsaturated/α-hetero) is 1. The Morgan fingerprint density at radius 1 is 1.26 bits per heavy atom. The van der Waals surface area contributed by atoms with Crippen molar-refractivity contribution in [3.8, 4) is 0 Å². The van der Waals surface area contributed by atoms with Gasteiger partial charge in [-0.2, -0.15) is 0 Å². The van der Waals surface area contributed by atoms with Crippen LogP contribution in [0.25, 0.3) is 0 Å². The molecule has 3 N–H and O–H groups in total. The van der Waals surface area contributed by atoms with Crippen LogP contribution < -0.4 is 0 Å². The highest BCUT2D eigenvalue weighted by atomic mass is 16.7. The zero-order valence-corrected chi connectivity index (χ0v) is 11.5. The first-order valence-corrected chi connectivity index (χ1v) is 6.71. The molecule has 0 spiro atoms. The maximum Gasteiger partial charge on any atom is 0.163 e. The van der Waals surface area contributed by atoms with Crippen LogP contribution in [0.15, 0.2) is 0 Å². The summed E-state index contributed by atoms with van der Waals surface area (Å²) in [5, 5.41) is 28.6. The van der Waals surface area contributed by atoms with Crippen molar-refractivity contribution in [1.29, 1.82) is 0 Å². The zero-order valence-electron chi connectivity index (χ0n) is 11.5. The molecule has 1 rings (SSSR count). The summed E-state index contributed by atoms with van der Waals surface area (Å²) in [6.07, 6.45) is -1.53. The second kappa shape index (κ2) is 7.91. The van der Waals surface area contributed by atoms with E-state index in [2.05, 4.69) is 0 Å². The van der Waals surface area contributed by atoms with Crippen LogP contribution in [-0.4, -0.2) is 58.9 Å². The van der Waals surface area contributed by atoms with Gasteiger partial charge in [-0.05, 0) is 19.8 Å². The lowest BCUT2D eigenvalue weighted by Gasteiger charge is -2.40. The number of hydrogen-bond acceptors (Lipinski definition) is 6. The molecule has 1 aliphatic rings. The van der Waals surface area contributed by atoms with Gasteiger partial charge >= 0.3 is 0 Å². The van der Waals surface area contributed by atoms with Crippen LogP contribution in [0.1, 0.15) is 33.1 Å². The van der Waals surface area contributed by atoms with Crippen LogP contribution in [0.4, 0.5) is 0 Å². The monoisotopic (exact) mass is 276 g/mol. The molecule has 0 bridgehead atoms.